The van der Waals surface area contributed by atoms with Crippen molar-refractivity contribution >= 4 is 6.08 Å². The van der Waals surface area contributed by atoms with Crippen molar-refractivity contribution in [3.8, 4) is 0 Å². The molecule has 3 rings (SSSR count). The van der Waals surface area contributed by atoms with E-state index >= 15 is 0 Å². The minimum Gasteiger partial charge on any atom is -0.380 e. The second-order valence-electron chi connectivity index (χ2n) is 7.33. The van der Waals surface area contributed by atoms with Gasteiger partial charge in [0.1, 0.15) is 0 Å². The Bertz CT molecular complexity index is 559. The monoisotopic (exact) mass is 344 g/mol. The van der Waals surface area contributed by atoms with Gasteiger partial charge in [-0.05, 0) is 30.9 Å². The molecule has 2 saturated heterocycles. The van der Waals surface area contributed by atoms with E-state index in [0.717, 1.165) is 45.9 Å². The van der Waals surface area contributed by atoms with Gasteiger partial charge in [0.2, 0.25) is 0 Å². The highest BCUT2D eigenvalue weighted by Gasteiger charge is 2.22. The first-order chi connectivity index (χ1) is 12.2. The summed E-state index contributed by atoms with van der Waals surface area (Å²) < 4.78 is 11.1. The topological polar surface area (TPSA) is 24.9 Å². The third-order valence-electron chi connectivity index (χ3n) is 5.18. The van der Waals surface area contributed by atoms with Crippen molar-refractivity contribution < 1.29 is 9.47 Å². The van der Waals surface area contributed by atoms with Gasteiger partial charge in [-0.15, -0.1) is 0 Å². The highest BCUT2D eigenvalue weighted by molar-refractivity contribution is 5.56. The Morgan fingerprint density at radius 2 is 1.96 bits per heavy atom. The molecule has 4 heteroatoms. The van der Waals surface area contributed by atoms with Crippen molar-refractivity contribution in [3.05, 3.63) is 41.0 Å². The number of ether oxygens (including phenoxy) is 2. The Hall–Kier alpha value is -1.20. The molecule has 0 spiro atoms. The summed E-state index contributed by atoms with van der Waals surface area (Å²) in [5.74, 6) is 0. The van der Waals surface area contributed by atoms with E-state index in [4.69, 9.17) is 9.47 Å². The van der Waals surface area contributed by atoms with E-state index in [1.54, 1.807) is 7.11 Å². The summed E-state index contributed by atoms with van der Waals surface area (Å²) in [6.45, 7) is 10.7. The summed E-state index contributed by atoms with van der Waals surface area (Å²) in [5.41, 5.74) is 3.95. The van der Waals surface area contributed by atoms with Crippen LogP contribution in [0.4, 0.5) is 0 Å². The maximum atomic E-state index is 5.77. The summed E-state index contributed by atoms with van der Waals surface area (Å²) in [7, 11) is 1.75. The first-order valence-corrected chi connectivity index (χ1v) is 9.55. The highest BCUT2D eigenvalue weighted by atomic mass is 16.5. The van der Waals surface area contributed by atoms with E-state index in [-0.39, 0.29) is 0 Å². The van der Waals surface area contributed by atoms with Gasteiger partial charge < -0.3 is 9.47 Å². The quantitative estimate of drug-likeness (QED) is 0.759. The van der Waals surface area contributed by atoms with Crippen molar-refractivity contribution in [2.24, 2.45) is 0 Å². The molecule has 2 fully saturated rings. The van der Waals surface area contributed by atoms with Crippen LogP contribution in [0.3, 0.4) is 0 Å². The van der Waals surface area contributed by atoms with Crippen LogP contribution in [-0.2, 0) is 16.1 Å². The Kier molecular flexibility index (Phi) is 7.05. The first-order valence-electron chi connectivity index (χ1n) is 9.55. The van der Waals surface area contributed by atoms with Crippen LogP contribution in [0.25, 0.3) is 6.08 Å². The third-order valence-corrected chi connectivity index (χ3v) is 5.18. The fourth-order valence-electron chi connectivity index (χ4n) is 3.83. The number of methoxy groups -OCH3 is 1. The second-order valence-corrected chi connectivity index (χ2v) is 7.33. The highest BCUT2D eigenvalue weighted by Crippen LogP contribution is 2.17. The van der Waals surface area contributed by atoms with Gasteiger partial charge in [-0.1, -0.05) is 35.9 Å². The molecule has 1 aromatic carbocycles. The normalized spacial score (nSPS) is 23.3. The third kappa shape index (κ3) is 5.65. The number of hydrogen-bond donors (Lipinski definition) is 0. The largest absolute Gasteiger partial charge is 0.380 e. The number of piperazine rings is 1. The van der Waals surface area contributed by atoms with E-state index in [2.05, 4.69) is 47.1 Å². The summed E-state index contributed by atoms with van der Waals surface area (Å²) in [5, 5.41) is 0. The van der Waals surface area contributed by atoms with E-state index in [1.807, 2.05) is 0 Å². The van der Waals surface area contributed by atoms with Crippen LogP contribution >= 0.6 is 0 Å². The minimum atomic E-state index is 0.477. The van der Waals surface area contributed by atoms with Gasteiger partial charge in [-0.25, -0.2) is 0 Å². The number of rotatable bonds is 7. The van der Waals surface area contributed by atoms with E-state index in [9.17, 15) is 0 Å². The molecular weight excluding hydrogens is 312 g/mol. The average Bonchev–Trinajstić information content (AvgIpc) is 3.12. The van der Waals surface area contributed by atoms with E-state index < -0.39 is 0 Å². The van der Waals surface area contributed by atoms with Gasteiger partial charge in [-0.3, -0.25) is 9.80 Å². The lowest BCUT2D eigenvalue weighted by Gasteiger charge is -2.35. The fraction of sp³-hybridized carbons (Fsp3) is 0.619. The van der Waals surface area contributed by atoms with Crippen molar-refractivity contribution in [2.75, 3.05) is 53.0 Å². The summed E-state index contributed by atoms with van der Waals surface area (Å²) in [4.78, 5) is 5.14. The Morgan fingerprint density at radius 1 is 1.20 bits per heavy atom. The Labute approximate surface area is 152 Å². The van der Waals surface area contributed by atoms with Gasteiger partial charge >= 0.3 is 0 Å². The molecule has 1 aromatic rings. The van der Waals surface area contributed by atoms with Crippen molar-refractivity contribution in [3.63, 3.8) is 0 Å². The Balaban J connectivity index is 1.48. The van der Waals surface area contributed by atoms with Crippen LogP contribution in [0.1, 0.15) is 30.9 Å². The predicted molar refractivity (Wildman–Crippen MR) is 103 cm³/mol. The summed E-state index contributed by atoms with van der Waals surface area (Å²) in [6, 6.07) is 8.50. The lowest BCUT2D eigenvalue weighted by atomic mass is 10.1. The molecule has 0 aliphatic carbocycles. The summed E-state index contributed by atoms with van der Waals surface area (Å²) in [6.07, 6.45) is 5.26. The van der Waals surface area contributed by atoms with Gasteiger partial charge in [0, 0.05) is 53.0 Å². The van der Waals surface area contributed by atoms with Crippen LogP contribution in [0.15, 0.2) is 29.8 Å². The zero-order valence-electron chi connectivity index (χ0n) is 15.7. The maximum Gasteiger partial charge on any atom is 0.0718 e. The van der Waals surface area contributed by atoms with Crippen LogP contribution < -0.4 is 0 Å². The van der Waals surface area contributed by atoms with Gasteiger partial charge in [0.15, 0.2) is 0 Å². The molecule has 2 aliphatic rings. The minimum absolute atomic E-state index is 0.477. The molecule has 2 heterocycles. The van der Waals surface area contributed by atoms with Gasteiger partial charge in [0.05, 0.1) is 12.7 Å². The number of hydrogen-bond acceptors (Lipinski definition) is 4. The SMILES string of the molecule is COCc1ccccc1C=C(C)CN1CCN(CC2CCCO2)CC1. The van der Waals surface area contributed by atoms with Crippen LogP contribution in [0, 0.1) is 0 Å². The van der Waals surface area contributed by atoms with Gasteiger partial charge in [0.25, 0.3) is 0 Å². The van der Waals surface area contributed by atoms with Crippen LogP contribution in [0.5, 0.6) is 0 Å². The van der Waals surface area contributed by atoms with Gasteiger partial charge in [-0.2, -0.15) is 0 Å². The first kappa shape index (κ1) is 18.6. The molecule has 1 unspecified atom stereocenters. The summed E-state index contributed by atoms with van der Waals surface area (Å²) >= 11 is 0. The molecule has 0 N–H and O–H groups in total. The smallest absolute Gasteiger partial charge is 0.0718 e. The Morgan fingerprint density at radius 3 is 2.68 bits per heavy atom. The van der Waals surface area contributed by atoms with Crippen molar-refractivity contribution in [2.45, 2.75) is 32.5 Å². The predicted octanol–water partition coefficient (Wildman–Crippen LogP) is 3.03. The zero-order valence-corrected chi connectivity index (χ0v) is 15.7. The van der Waals surface area contributed by atoms with Crippen molar-refractivity contribution in [1.82, 2.24) is 9.80 Å². The van der Waals surface area contributed by atoms with Crippen molar-refractivity contribution in [1.29, 1.82) is 0 Å². The molecule has 2 aliphatic heterocycles. The van der Waals surface area contributed by atoms with Crippen LogP contribution in [0.2, 0.25) is 0 Å². The van der Waals surface area contributed by atoms with E-state index in [1.165, 1.54) is 29.5 Å². The molecule has 138 valence electrons. The van der Waals surface area contributed by atoms with Crippen LogP contribution in [-0.4, -0.2) is 68.9 Å². The fourth-order valence-corrected chi connectivity index (χ4v) is 3.83. The second kappa shape index (κ2) is 9.48. The molecule has 25 heavy (non-hydrogen) atoms. The standard InChI is InChI=1S/C21H32N2O2/c1-18(14-19-6-3-4-7-20(19)17-24-2)15-22-9-11-23(12-10-22)16-21-8-5-13-25-21/h3-4,6-7,14,21H,5,8-13,15-17H2,1-2H3. The van der Waals surface area contributed by atoms with E-state index in [0.29, 0.717) is 12.7 Å². The molecular formula is C21H32N2O2. The lowest BCUT2D eigenvalue weighted by Crippen LogP contribution is -2.48. The lowest BCUT2D eigenvalue weighted by molar-refractivity contribution is 0.0522. The average molecular weight is 344 g/mol. The number of nitrogens with zero attached hydrogens (tertiary/aromatic N) is 2. The maximum absolute atomic E-state index is 5.77. The molecule has 0 amide bonds. The molecule has 0 radical (unpaired) electrons. The molecule has 0 bridgehead atoms. The molecule has 0 saturated carbocycles. The molecule has 1 atom stereocenters. The molecule has 0 aromatic heterocycles. The zero-order chi connectivity index (χ0) is 17.5. The molecule has 4 nitrogen and oxygen atoms in total. The number of benzene rings is 1.